The van der Waals surface area contributed by atoms with Gasteiger partial charge in [-0.3, -0.25) is 4.79 Å². The van der Waals surface area contributed by atoms with E-state index in [1.165, 1.54) is 27.2 Å². The standard InChI is InChI=1S/C19H26F3N5O3S/c1-4-27(5-2)31(29,30)15-11-16(26(3)13-15)18(28)24-10-6-9-23-17-8-7-14(12-25-17)19(20,21)22/h7-8,11-13H,4-6,9-10H2,1-3H3,(H,23,25)(H,24,28). The number of aryl methyl sites for hydroxylation is 1. The molecule has 0 radical (unpaired) electrons. The highest BCUT2D eigenvalue weighted by atomic mass is 32.2. The van der Waals surface area contributed by atoms with Crippen LogP contribution in [-0.4, -0.2) is 54.4 Å². The monoisotopic (exact) mass is 461 g/mol. The smallest absolute Gasteiger partial charge is 0.370 e. The van der Waals surface area contributed by atoms with Crippen LogP contribution in [0, 0.1) is 0 Å². The number of hydrogen-bond acceptors (Lipinski definition) is 5. The molecule has 0 unspecified atom stereocenters. The van der Waals surface area contributed by atoms with E-state index >= 15 is 0 Å². The molecule has 0 fully saturated rings. The minimum absolute atomic E-state index is 0.0545. The molecule has 0 aliphatic carbocycles. The van der Waals surface area contributed by atoms with Gasteiger partial charge in [-0.05, 0) is 24.6 Å². The van der Waals surface area contributed by atoms with Crippen molar-refractivity contribution in [3.05, 3.63) is 41.9 Å². The Balaban J connectivity index is 1.86. The molecular weight excluding hydrogens is 435 g/mol. The van der Waals surface area contributed by atoms with Gasteiger partial charge in [-0.2, -0.15) is 17.5 Å². The molecule has 12 heteroatoms. The van der Waals surface area contributed by atoms with Crippen LogP contribution in [0.5, 0.6) is 0 Å². The van der Waals surface area contributed by atoms with Gasteiger partial charge in [0.25, 0.3) is 5.91 Å². The van der Waals surface area contributed by atoms with Crippen molar-refractivity contribution in [1.82, 2.24) is 19.2 Å². The molecule has 0 saturated heterocycles. The van der Waals surface area contributed by atoms with E-state index in [1.807, 2.05) is 0 Å². The molecule has 2 aromatic rings. The summed E-state index contributed by atoms with van der Waals surface area (Å²) in [6, 6.07) is 3.52. The molecular formula is C19H26F3N5O3S. The summed E-state index contributed by atoms with van der Waals surface area (Å²) in [4.78, 5) is 16.2. The van der Waals surface area contributed by atoms with Crippen LogP contribution in [0.1, 0.15) is 36.3 Å². The summed E-state index contributed by atoms with van der Waals surface area (Å²) < 4.78 is 65.5. The highest BCUT2D eigenvalue weighted by molar-refractivity contribution is 7.89. The summed E-state index contributed by atoms with van der Waals surface area (Å²) in [6.07, 6.45) is -1.79. The number of amides is 1. The van der Waals surface area contributed by atoms with Gasteiger partial charge in [-0.15, -0.1) is 0 Å². The molecule has 8 nitrogen and oxygen atoms in total. The van der Waals surface area contributed by atoms with Crippen molar-refractivity contribution >= 4 is 21.7 Å². The summed E-state index contributed by atoms with van der Waals surface area (Å²) in [5.74, 6) is -0.121. The first kappa shape index (κ1) is 24.7. The van der Waals surface area contributed by atoms with Crippen LogP contribution in [0.3, 0.4) is 0 Å². The van der Waals surface area contributed by atoms with Crippen molar-refractivity contribution in [2.75, 3.05) is 31.5 Å². The summed E-state index contributed by atoms with van der Waals surface area (Å²) in [5.41, 5.74) is -0.613. The summed E-state index contributed by atoms with van der Waals surface area (Å²) in [7, 11) is -2.07. The number of anilines is 1. The van der Waals surface area contributed by atoms with Crippen molar-refractivity contribution in [3.63, 3.8) is 0 Å². The maximum Gasteiger partial charge on any atom is 0.417 e. The number of carbonyl (C=O) groups excluding carboxylic acids is 1. The van der Waals surface area contributed by atoms with Gasteiger partial charge in [0.2, 0.25) is 10.0 Å². The lowest BCUT2D eigenvalue weighted by atomic mass is 10.3. The Labute approximate surface area is 179 Å². The Kier molecular flexibility index (Phi) is 8.07. The van der Waals surface area contributed by atoms with Crippen LogP contribution < -0.4 is 10.6 Å². The van der Waals surface area contributed by atoms with E-state index in [2.05, 4.69) is 15.6 Å². The van der Waals surface area contributed by atoms with Gasteiger partial charge in [-0.25, -0.2) is 13.4 Å². The van der Waals surface area contributed by atoms with E-state index in [9.17, 15) is 26.4 Å². The second kappa shape index (κ2) is 10.1. The third-order valence-corrected chi connectivity index (χ3v) is 6.61. The zero-order chi connectivity index (χ0) is 23.2. The van der Waals surface area contributed by atoms with E-state index in [-0.39, 0.29) is 17.1 Å². The fraction of sp³-hybridized carbons (Fsp3) is 0.474. The third-order valence-electron chi connectivity index (χ3n) is 4.59. The SMILES string of the molecule is CCN(CC)S(=O)(=O)c1cc(C(=O)NCCCNc2ccc(C(F)(F)F)cn2)n(C)c1. The molecule has 2 rings (SSSR count). The van der Waals surface area contributed by atoms with Crippen molar-refractivity contribution < 1.29 is 26.4 Å². The first-order valence-electron chi connectivity index (χ1n) is 9.72. The van der Waals surface area contributed by atoms with Gasteiger partial charge in [0.15, 0.2) is 0 Å². The van der Waals surface area contributed by atoms with Gasteiger partial charge in [0.1, 0.15) is 16.4 Å². The van der Waals surface area contributed by atoms with Crippen LogP contribution in [-0.2, 0) is 23.2 Å². The number of sulfonamides is 1. The van der Waals surface area contributed by atoms with E-state index in [0.29, 0.717) is 31.9 Å². The topological polar surface area (TPSA) is 96.3 Å². The zero-order valence-electron chi connectivity index (χ0n) is 17.5. The normalized spacial score (nSPS) is 12.2. The Morgan fingerprint density at radius 1 is 1.19 bits per heavy atom. The molecule has 0 aliphatic rings. The van der Waals surface area contributed by atoms with Crippen LogP contribution in [0.2, 0.25) is 0 Å². The highest BCUT2D eigenvalue weighted by Crippen LogP contribution is 2.28. The van der Waals surface area contributed by atoms with Crippen molar-refractivity contribution in [1.29, 1.82) is 0 Å². The van der Waals surface area contributed by atoms with Crippen molar-refractivity contribution in [2.45, 2.75) is 31.3 Å². The quantitative estimate of drug-likeness (QED) is 0.531. The van der Waals surface area contributed by atoms with E-state index in [1.54, 1.807) is 20.9 Å². The van der Waals surface area contributed by atoms with Gasteiger partial charge in [0, 0.05) is 45.6 Å². The van der Waals surface area contributed by atoms with E-state index < -0.39 is 27.7 Å². The third kappa shape index (κ3) is 6.20. The van der Waals surface area contributed by atoms with E-state index in [0.717, 1.165) is 12.3 Å². The van der Waals surface area contributed by atoms with Crippen LogP contribution in [0.15, 0.2) is 35.5 Å². The fourth-order valence-electron chi connectivity index (χ4n) is 2.88. The van der Waals surface area contributed by atoms with Gasteiger partial charge < -0.3 is 15.2 Å². The molecule has 0 spiro atoms. The maximum absolute atomic E-state index is 12.6. The average Bonchev–Trinajstić information content (AvgIpc) is 3.10. The number of rotatable bonds is 10. The average molecular weight is 462 g/mol. The van der Waals surface area contributed by atoms with Crippen LogP contribution in [0.4, 0.5) is 19.0 Å². The first-order chi connectivity index (χ1) is 14.5. The Morgan fingerprint density at radius 3 is 2.42 bits per heavy atom. The largest absolute Gasteiger partial charge is 0.417 e. The first-order valence-corrected chi connectivity index (χ1v) is 11.2. The number of alkyl halides is 3. The molecule has 172 valence electrons. The summed E-state index contributed by atoms with van der Waals surface area (Å²) >= 11 is 0. The van der Waals surface area contributed by atoms with Crippen LogP contribution in [0.25, 0.3) is 0 Å². The minimum Gasteiger partial charge on any atom is -0.370 e. The molecule has 0 aromatic carbocycles. The molecule has 0 aliphatic heterocycles. The lowest BCUT2D eigenvalue weighted by molar-refractivity contribution is -0.137. The minimum atomic E-state index is -4.43. The van der Waals surface area contributed by atoms with Crippen molar-refractivity contribution in [3.8, 4) is 0 Å². The molecule has 2 aromatic heterocycles. The highest BCUT2D eigenvalue weighted by Gasteiger charge is 2.30. The zero-order valence-corrected chi connectivity index (χ0v) is 18.3. The van der Waals surface area contributed by atoms with Crippen molar-refractivity contribution in [2.24, 2.45) is 7.05 Å². The molecule has 31 heavy (non-hydrogen) atoms. The lowest BCUT2D eigenvalue weighted by Crippen LogP contribution is -2.30. The maximum atomic E-state index is 12.6. The molecule has 0 atom stereocenters. The molecule has 1 amide bonds. The predicted octanol–water partition coefficient (Wildman–Crippen LogP) is 2.70. The molecule has 0 saturated carbocycles. The van der Waals surface area contributed by atoms with Gasteiger partial charge in [-0.1, -0.05) is 13.8 Å². The second-order valence-electron chi connectivity index (χ2n) is 6.73. The number of nitrogens with one attached hydrogen (secondary N) is 2. The number of halogens is 3. The number of carbonyl (C=O) groups is 1. The summed E-state index contributed by atoms with van der Waals surface area (Å²) in [6.45, 7) is 4.81. The Hall–Kier alpha value is -2.60. The van der Waals surface area contributed by atoms with Gasteiger partial charge >= 0.3 is 6.18 Å². The lowest BCUT2D eigenvalue weighted by Gasteiger charge is -2.17. The fourth-order valence-corrected chi connectivity index (χ4v) is 4.41. The Morgan fingerprint density at radius 2 is 1.87 bits per heavy atom. The molecule has 0 bridgehead atoms. The molecule has 2 heterocycles. The number of aromatic nitrogens is 2. The Bertz CT molecular complexity index is 984. The summed E-state index contributed by atoms with van der Waals surface area (Å²) in [5, 5.41) is 5.58. The number of nitrogens with zero attached hydrogens (tertiary/aromatic N) is 3. The van der Waals surface area contributed by atoms with E-state index in [4.69, 9.17) is 0 Å². The number of hydrogen-bond donors (Lipinski definition) is 2. The second-order valence-corrected chi connectivity index (χ2v) is 8.67. The van der Waals surface area contributed by atoms with Gasteiger partial charge in [0.05, 0.1) is 5.56 Å². The predicted molar refractivity (Wildman–Crippen MR) is 110 cm³/mol. The van der Waals surface area contributed by atoms with Crippen LogP contribution >= 0.6 is 0 Å². The molecule has 2 N–H and O–H groups in total. The number of pyridine rings is 1.